The number of H-pyrrole nitrogens is 2. The van der Waals surface area contributed by atoms with Crippen molar-refractivity contribution in [2.75, 3.05) is 5.32 Å². The van der Waals surface area contributed by atoms with E-state index >= 15 is 0 Å². The maximum atomic E-state index is 13.9. The maximum absolute atomic E-state index is 13.9. The fourth-order valence-electron chi connectivity index (χ4n) is 4.27. The number of imidazole rings is 1. The van der Waals surface area contributed by atoms with Crippen molar-refractivity contribution in [2.45, 2.75) is 19.8 Å². The quantitative estimate of drug-likeness (QED) is 0.282. The van der Waals surface area contributed by atoms with E-state index in [2.05, 4.69) is 40.4 Å². The van der Waals surface area contributed by atoms with Crippen LogP contribution in [0.1, 0.15) is 19.8 Å². The van der Waals surface area contributed by atoms with Crippen LogP contribution in [0.2, 0.25) is 0 Å². The lowest BCUT2D eigenvalue weighted by Gasteiger charge is -2.06. The Kier molecular flexibility index (Phi) is 5.61. The second-order valence-corrected chi connectivity index (χ2v) is 8.60. The summed E-state index contributed by atoms with van der Waals surface area (Å²) in [5, 5.41) is 11.1. The Morgan fingerprint density at radius 2 is 1.97 bits per heavy atom. The molecule has 0 bridgehead atoms. The summed E-state index contributed by atoms with van der Waals surface area (Å²) in [6.07, 6.45) is 7.86. The van der Waals surface area contributed by atoms with Crippen LogP contribution in [0, 0.1) is 5.82 Å². The molecule has 1 amide bonds. The number of hydrogen-bond acceptors (Lipinski definition) is 6. The van der Waals surface area contributed by atoms with Gasteiger partial charge in [-0.2, -0.15) is 5.10 Å². The molecule has 0 aliphatic carbocycles. The molecule has 0 saturated carbocycles. The standard InChI is InChI=1S/C27H21FN8O/c1-2-4-23(37)32-18-10-16(12-29-13-18)21-11-20-22(14-31-21)35-36-25(20)27-33-24-19(7-8-30-26(24)34-27)15-5-3-6-17(28)9-15/h3,5-14H,2,4H2,1H3,(H,32,37)(H,35,36)(H,30,33,34). The van der Waals surface area contributed by atoms with Gasteiger partial charge in [0.05, 0.1) is 34.8 Å². The second-order valence-electron chi connectivity index (χ2n) is 8.60. The van der Waals surface area contributed by atoms with Gasteiger partial charge in [-0.1, -0.05) is 19.1 Å². The molecule has 0 spiro atoms. The Morgan fingerprint density at radius 3 is 2.84 bits per heavy atom. The van der Waals surface area contributed by atoms with Crippen molar-refractivity contribution in [3.8, 4) is 33.9 Å². The average molecular weight is 493 g/mol. The van der Waals surface area contributed by atoms with Crippen LogP contribution >= 0.6 is 0 Å². The van der Waals surface area contributed by atoms with E-state index in [1.165, 1.54) is 12.1 Å². The van der Waals surface area contributed by atoms with Gasteiger partial charge < -0.3 is 10.3 Å². The number of nitrogens with zero attached hydrogens (tertiary/aromatic N) is 5. The summed E-state index contributed by atoms with van der Waals surface area (Å²) >= 11 is 0. The monoisotopic (exact) mass is 492 g/mol. The number of anilines is 1. The first-order valence-electron chi connectivity index (χ1n) is 11.8. The third-order valence-corrected chi connectivity index (χ3v) is 5.99. The van der Waals surface area contributed by atoms with Gasteiger partial charge in [-0.25, -0.2) is 14.4 Å². The highest BCUT2D eigenvalue weighted by atomic mass is 19.1. The summed E-state index contributed by atoms with van der Waals surface area (Å²) in [7, 11) is 0. The van der Waals surface area contributed by atoms with E-state index in [1.54, 1.807) is 30.9 Å². The highest BCUT2D eigenvalue weighted by Crippen LogP contribution is 2.32. The summed E-state index contributed by atoms with van der Waals surface area (Å²) in [5.41, 5.74) is 6.07. The number of carbonyl (C=O) groups is 1. The highest BCUT2D eigenvalue weighted by Gasteiger charge is 2.17. The molecular weight excluding hydrogens is 471 g/mol. The minimum atomic E-state index is -0.316. The first-order valence-corrected chi connectivity index (χ1v) is 11.8. The fourth-order valence-corrected chi connectivity index (χ4v) is 4.27. The molecule has 0 aliphatic rings. The number of hydrogen-bond donors (Lipinski definition) is 3. The molecule has 0 radical (unpaired) electrons. The van der Waals surface area contributed by atoms with Gasteiger partial charge in [0, 0.05) is 35.3 Å². The first-order chi connectivity index (χ1) is 18.1. The van der Waals surface area contributed by atoms with Crippen LogP contribution in [0.3, 0.4) is 0 Å². The summed E-state index contributed by atoms with van der Waals surface area (Å²) in [4.78, 5) is 33.2. The molecule has 6 rings (SSSR count). The normalized spacial score (nSPS) is 11.3. The van der Waals surface area contributed by atoms with Crippen molar-refractivity contribution < 1.29 is 9.18 Å². The molecule has 0 saturated heterocycles. The zero-order chi connectivity index (χ0) is 25.4. The number of amides is 1. The van der Waals surface area contributed by atoms with Crippen molar-refractivity contribution in [3.63, 3.8) is 0 Å². The number of carbonyl (C=O) groups excluding carboxylic acids is 1. The van der Waals surface area contributed by atoms with Crippen LogP contribution in [0.15, 0.2) is 67.3 Å². The third-order valence-electron chi connectivity index (χ3n) is 5.99. The van der Waals surface area contributed by atoms with Crippen LogP contribution in [0.25, 0.3) is 56.0 Å². The maximum Gasteiger partial charge on any atom is 0.224 e. The molecular formula is C27H21FN8O. The molecule has 0 unspecified atom stereocenters. The largest absolute Gasteiger partial charge is 0.335 e. The molecule has 0 atom stereocenters. The molecule has 3 N–H and O–H groups in total. The Bertz CT molecular complexity index is 1770. The second kappa shape index (κ2) is 9.23. The number of aromatic nitrogens is 7. The topological polar surface area (TPSA) is 125 Å². The van der Waals surface area contributed by atoms with Gasteiger partial charge in [0.1, 0.15) is 11.5 Å². The Morgan fingerprint density at radius 1 is 1.05 bits per heavy atom. The molecule has 182 valence electrons. The lowest BCUT2D eigenvalue weighted by Crippen LogP contribution is -2.10. The van der Waals surface area contributed by atoms with Gasteiger partial charge >= 0.3 is 0 Å². The molecule has 0 fully saturated rings. The molecule has 10 heteroatoms. The number of halogens is 1. The zero-order valence-corrected chi connectivity index (χ0v) is 19.8. The number of nitrogens with one attached hydrogen (secondary N) is 3. The Balaban J connectivity index is 1.40. The van der Waals surface area contributed by atoms with Crippen molar-refractivity contribution in [1.82, 2.24) is 35.1 Å². The van der Waals surface area contributed by atoms with E-state index in [1.807, 2.05) is 31.2 Å². The lowest BCUT2D eigenvalue weighted by atomic mass is 10.1. The smallest absolute Gasteiger partial charge is 0.224 e. The minimum Gasteiger partial charge on any atom is -0.335 e. The number of fused-ring (bicyclic) bond motifs is 2. The highest BCUT2D eigenvalue weighted by molar-refractivity contribution is 5.97. The first kappa shape index (κ1) is 22.5. The molecule has 37 heavy (non-hydrogen) atoms. The molecule has 0 aliphatic heterocycles. The predicted molar refractivity (Wildman–Crippen MR) is 139 cm³/mol. The van der Waals surface area contributed by atoms with Crippen LogP contribution in [-0.2, 0) is 4.79 Å². The Hall–Kier alpha value is -4.99. The predicted octanol–water partition coefficient (Wildman–Crippen LogP) is 5.50. The van der Waals surface area contributed by atoms with Crippen molar-refractivity contribution in [3.05, 3.63) is 73.1 Å². The lowest BCUT2D eigenvalue weighted by molar-refractivity contribution is -0.116. The summed E-state index contributed by atoms with van der Waals surface area (Å²) in [6.45, 7) is 1.95. The van der Waals surface area contributed by atoms with Crippen molar-refractivity contribution in [1.29, 1.82) is 0 Å². The van der Waals surface area contributed by atoms with E-state index in [0.29, 0.717) is 40.5 Å². The minimum absolute atomic E-state index is 0.0573. The molecule has 5 aromatic heterocycles. The van der Waals surface area contributed by atoms with E-state index in [0.717, 1.165) is 34.0 Å². The number of pyridine rings is 3. The number of rotatable bonds is 6. The third kappa shape index (κ3) is 4.29. The molecule has 1 aromatic carbocycles. The Labute approximate surface area is 210 Å². The van der Waals surface area contributed by atoms with Crippen molar-refractivity contribution >= 4 is 33.7 Å². The van der Waals surface area contributed by atoms with Gasteiger partial charge in [-0.3, -0.25) is 19.9 Å². The summed E-state index contributed by atoms with van der Waals surface area (Å²) < 4.78 is 13.9. The summed E-state index contributed by atoms with van der Waals surface area (Å²) in [6, 6.07) is 12.0. The van der Waals surface area contributed by atoms with E-state index in [-0.39, 0.29) is 11.7 Å². The van der Waals surface area contributed by atoms with Crippen LogP contribution in [0.4, 0.5) is 10.1 Å². The van der Waals surface area contributed by atoms with Gasteiger partial charge in [0.2, 0.25) is 5.91 Å². The number of benzene rings is 1. The zero-order valence-electron chi connectivity index (χ0n) is 19.8. The summed E-state index contributed by atoms with van der Waals surface area (Å²) in [5.74, 6) is 0.149. The van der Waals surface area contributed by atoms with Crippen LogP contribution in [-0.4, -0.2) is 41.0 Å². The number of aromatic amines is 2. The van der Waals surface area contributed by atoms with E-state index in [9.17, 15) is 9.18 Å². The van der Waals surface area contributed by atoms with Gasteiger partial charge in [-0.15, -0.1) is 0 Å². The molecule has 6 aromatic rings. The SMILES string of the molecule is CCCC(=O)Nc1cncc(-c2cc3c(-c4nc5nccc(-c6cccc(F)c6)c5[nH]4)n[nH]c3cn2)c1. The molecule has 5 heterocycles. The van der Waals surface area contributed by atoms with Gasteiger partial charge in [0.15, 0.2) is 11.5 Å². The molecule has 9 nitrogen and oxygen atoms in total. The van der Waals surface area contributed by atoms with E-state index in [4.69, 9.17) is 0 Å². The van der Waals surface area contributed by atoms with Crippen LogP contribution < -0.4 is 5.32 Å². The van der Waals surface area contributed by atoms with Gasteiger partial charge in [0.25, 0.3) is 0 Å². The fraction of sp³-hybridized carbons (Fsp3) is 0.111. The van der Waals surface area contributed by atoms with E-state index < -0.39 is 0 Å². The average Bonchev–Trinajstić information content (AvgIpc) is 3.52. The van der Waals surface area contributed by atoms with Crippen LogP contribution in [0.5, 0.6) is 0 Å². The van der Waals surface area contributed by atoms with Crippen molar-refractivity contribution in [2.24, 2.45) is 0 Å². The van der Waals surface area contributed by atoms with Gasteiger partial charge in [-0.05, 0) is 42.3 Å².